The first-order chi connectivity index (χ1) is 7.50. The van der Waals surface area contributed by atoms with Gasteiger partial charge in [0.1, 0.15) is 18.6 Å². The summed E-state index contributed by atoms with van der Waals surface area (Å²) in [6, 6.07) is 0. The van der Waals surface area contributed by atoms with Crippen LogP contribution in [-0.4, -0.2) is 36.0 Å². The topological polar surface area (TPSA) is 46.2 Å². The molecule has 1 fully saturated rings. The van der Waals surface area contributed by atoms with Crippen LogP contribution in [0.3, 0.4) is 0 Å². The molecule has 0 bridgehead atoms. The summed E-state index contributed by atoms with van der Waals surface area (Å²) in [6.45, 7) is 0.511. The Labute approximate surface area is 94.3 Å². The molecule has 1 aliphatic heterocycles. The molecule has 7 heteroatoms. The zero-order valence-corrected chi connectivity index (χ0v) is 9.90. The van der Waals surface area contributed by atoms with Gasteiger partial charge in [-0.3, -0.25) is 0 Å². The molecule has 0 spiro atoms. The van der Waals surface area contributed by atoms with Gasteiger partial charge in [0.25, 0.3) is 6.33 Å². The lowest BCUT2D eigenvalue weighted by Gasteiger charge is -2.25. The van der Waals surface area contributed by atoms with E-state index in [0.717, 1.165) is 3.97 Å². The molecule has 1 aliphatic rings. The van der Waals surface area contributed by atoms with Gasteiger partial charge in [-0.2, -0.15) is 12.7 Å². The number of imidazole rings is 1. The van der Waals surface area contributed by atoms with Gasteiger partial charge < -0.3 is 0 Å². The van der Waals surface area contributed by atoms with E-state index < -0.39 is 16.4 Å². The van der Waals surface area contributed by atoms with E-state index in [1.54, 1.807) is 17.8 Å². The van der Waals surface area contributed by atoms with Crippen molar-refractivity contribution in [3.05, 3.63) is 18.7 Å². The highest BCUT2D eigenvalue weighted by Gasteiger charge is 2.32. The fourth-order valence-electron chi connectivity index (χ4n) is 1.75. The van der Waals surface area contributed by atoms with Crippen molar-refractivity contribution in [2.24, 2.45) is 7.05 Å². The van der Waals surface area contributed by atoms with Crippen molar-refractivity contribution in [2.45, 2.75) is 19.0 Å². The minimum atomic E-state index is -3.50. The first-order valence-electron chi connectivity index (χ1n) is 5.18. The number of nitrogens with zero attached hydrogens (tertiary/aromatic N) is 3. The highest BCUT2D eigenvalue weighted by atomic mass is 32.2. The van der Waals surface area contributed by atoms with Gasteiger partial charge in [0.05, 0.1) is 7.05 Å². The van der Waals surface area contributed by atoms with Crippen molar-refractivity contribution in [3.8, 4) is 0 Å². The predicted molar refractivity (Wildman–Crippen MR) is 55.6 cm³/mol. The van der Waals surface area contributed by atoms with Crippen LogP contribution in [0.25, 0.3) is 0 Å². The summed E-state index contributed by atoms with van der Waals surface area (Å²) in [4.78, 5) is 0. The molecule has 0 radical (unpaired) electrons. The maximum atomic E-state index is 12.9. The minimum Gasteiger partial charge on any atom is -0.247 e. The number of hydrogen-bond donors (Lipinski definition) is 0. The van der Waals surface area contributed by atoms with Crippen LogP contribution in [0.4, 0.5) is 4.39 Å². The molecule has 0 N–H and O–H groups in total. The summed E-state index contributed by atoms with van der Waals surface area (Å²) in [5.74, 6) is 0. The van der Waals surface area contributed by atoms with Crippen molar-refractivity contribution >= 4 is 10.2 Å². The Kier molecular flexibility index (Phi) is 2.98. The maximum Gasteiger partial charge on any atom is 0.379 e. The molecule has 1 aromatic heterocycles. The predicted octanol–water partition coefficient (Wildman–Crippen LogP) is -0.161. The monoisotopic (exact) mass is 248 g/mol. The highest BCUT2D eigenvalue weighted by Crippen LogP contribution is 2.17. The molecular formula is C9H15FN3O2S+. The van der Waals surface area contributed by atoms with Crippen LogP contribution in [0.2, 0.25) is 0 Å². The molecule has 2 rings (SSSR count). The van der Waals surface area contributed by atoms with Gasteiger partial charge in [-0.15, -0.1) is 3.97 Å². The molecule has 0 aliphatic carbocycles. The third-order valence-electron chi connectivity index (χ3n) is 2.72. The van der Waals surface area contributed by atoms with E-state index in [1.165, 1.54) is 16.8 Å². The smallest absolute Gasteiger partial charge is 0.247 e. The second kappa shape index (κ2) is 4.14. The van der Waals surface area contributed by atoms with Gasteiger partial charge in [0.15, 0.2) is 0 Å². The van der Waals surface area contributed by atoms with E-state index in [-0.39, 0.29) is 25.9 Å². The van der Waals surface area contributed by atoms with E-state index in [1.807, 2.05) is 0 Å². The summed E-state index contributed by atoms with van der Waals surface area (Å²) in [5.41, 5.74) is 0. The molecule has 0 amide bonds. The summed E-state index contributed by atoms with van der Waals surface area (Å²) < 4.78 is 41.2. The molecule has 0 aromatic carbocycles. The molecule has 1 aromatic rings. The number of alkyl halides is 1. The SMILES string of the molecule is C[n+]1ccn(S(=O)(=O)N2CCC(F)CC2)c1. The van der Waals surface area contributed by atoms with E-state index >= 15 is 0 Å². The summed E-state index contributed by atoms with van der Waals surface area (Å²) >= 11 is 0. The molecule has 5 nitrogen and oxygen atoms in total. The number of aryl methyl sites for hydroxylation is 1. The fourth-order valence-corrected chi connectivity index (χ4v) is 3.17. The lowest BCUT2D eigenvalue weighted by atomic mass is 10.1. The van der Waals surface area contributed by atoms with Crippen molar-refractivity contribution in [3.63, 3.8) is 0 Å². The van der Waals surface area contributed by atoms with Crippen LogP contribution < -0.4 is 4.57 Å². The van der Waals surface area contributed by atoms with E-state index in [2.05, 4.69) is 0 Å². The molecule has 0 saturated carbocycles. The normalized spacial score (nSPS) is 20.1. The number of aromatic nitrogens is 2. The maximum absolute atomic E-state index is 12.9. The van der Waals surface area contributed by atoms with Crippen LogP contribution in [0.15, 0.2) is 18.7 Å². The Morgan fingerprint density at radius 2 is 2.00 bits per heavy atom. The largest absolute Gasteiger partial charge is 0.379 e. The lowest BCUT2D eigenvalue weighted by molar-refractivity contribution is -0.670. The standard InChI is InChI=1S/C9H15FN3O2S/c1-11-6-7-13(8-11)16(14,15)12-4-2-9(10)3-5-12/h6-9H,2-5H2,1H3/q+1. The summed E-state index contributed by atoms with van der Waals surface area (Å²) in [7, 11) is -1.75. The molecule has 1 saturated heterocycles. The van der Waals surface area contributed by atoms with Crippen molar-refractivity contribution in [2.75, 3.05) is 13.1 Å². The average Bonchev–Trinajstić information content (AvgIpc) is 2.66. The van der Waals surface area contributed by atoms with E-state index in [4.69, 9.17) is 0 Å². The third-order valence-corrected chi connectivity index (χ3v) is 4.49. The number of halogens is 1. The van der Waals surface area contributed by atoms with Crippen molar-refractivity contribution in [1.29, 1.82) is 0 Å². The zero-order chi connectivity index (χ0) is 11.8. The molecular weight excluding hydrogens is 233 g/mol. The van der Waals surface area contributed by atoms with Gasteiger partial charge in [-0.1, -0.05) is 0 Å². The van der Waals surface area contributed by atoms with Gasteiger partial charge in [-0.25, -0.2) is 8.96 Å². The Morgan fingerprint density at radius 3 is 2.50 bits per heavy atom. The van der Waals surface area contributed by atoms with E-state index in [0.29, 0.717) is 0 Å². The van der Waals surface area contributed by atoms with Gasteiger partial charge >= 0.3 is 10.2 Å². The van der Waals surface area contributed by atoms with E-state index in [9.17, 15) is 12.8 Å². The lowest BCUT2D eigenvalue weighted by Crippen LogP contribution is -2.42. The summed E-state index contributed by atoms with van der Waals surface area (Å²) in [6.07, 6.45) is 4.32. The second-order valence-corrected chi connectivity index (χ2v) is 5.82. The quantitative estimate of drug-likeness (QED) is 0.683. The minimum absolute atomic E-state index is 0.255. The highest BCUT2D eigenvalue weighted by molar-refractivity contribution is 7.87. The Morgan fingerprint density at radius 1 is 1.38 bits per heavy atom. The van der Waals surface area contributed by atoms with Crippen LogP contribution >= 0.6 is 0 Å². The molecule has 16 heavy (non-hydrogen) atoms. The Bertz CT molecular complexity index is 463. The van der Waals surface area contributed by atoms with Crippen molar-refractivity contribution < 1.29 is 17.4 Å². The first kappa shape index (κ1) is 11.5. The van der Waals surface area contributed by atoms with Crippen molar-refractivity contribution in [1.82, 2.24) is 8.28 Å². The Balaban J connectivity index is 2.20. The fraction of sp³-hybridized carbons (Fsp3) is 0.667. The van der Waals surface area contributed by atoms with Crippen LogP contribution in [-0.2, 0) is 17.3 Å². The van der Waals surface area contributed by atoms with Crippen LogP contribution in [0, 0.1) is 0 Å². The first-order valence-corrected chi connectivity index (χ1v) is 6.58. The molecule has 0 unspecified atom stereocenters. The number of hydrogen-bond acceptors (Lipinski definition) is 2. The summed E-state index contributed by atoms with van der Waals surface area (Å²) in [5, 5.41) is 0. The van der Waals surface area contributed by atoms with Crippen LogP contribution in [0.1, 0.15) is 12.8 Å². The van der Waals surface area contributed by atoms with Gasteiger partial charge in [0.2, 0.25) is 0 Å². The zero-order valence-electron chi connectivity index (χ0n) is 9.08. The third kappa shape index (κ3) is 2.10. The Hall–Kier alpha value is -0.950. The van der Waals surface area contributed by atoms with Crippen LogP contribution in [0.5, 0.6) is 0 Å². The average molecular weight is 248 g/mol. The van der Waals surface area contributed by atoms with Gasteiger partial charge in [-0.05, 0) is 12.8 Å². The second-order valence-electron chi connectivity index (χ2n) is 3.99. The number of rotatable bonds is 2. The molecule has 90 valence electrons. The molecule has 2 heterocycles. The number of piperidine rings is 1. The molecule has 0 atom stereocenters. The van der Waals surface area contributed by atoms with Gasteiger partial charge in [0, 0.05) is 13.1 Å².